The second-order valence-corrected chi connectivity index (χ2v) is 8.53. The highest BCUT2D eigenvalue weighted by Gasteiger charge is 2.70. The van der Waals surface area contributed by atoms with Crippen molar-refractivity contribution in [1.82, 2.24) is 0 Å². The van der Waals surface area contributed by atoms with Gasteiger partial charge in [-0.05, 0) is 26.2 Å². The van der Waals surface area contributed by atoms with Crippen molar-refractivity contribution >= 4 is 11.9 Å². The molecule has 0 spiro atoms. The molecule has 0 aromatic carbocycles. The molecule has 0 bridgehead atoms. The Morgan fingerprint density at radius 3 is 2.80 bits per heavy atom. The minimum atomic E-state index is -0.394. The van der Waals surface area contributed by atoms with Gasteiger partial charge in [0.1, 0.15) is 17.8 Å². The maximum Gasteiger partial charge on any atom is 0.334 e. The fraction of sp³-hybridized carbons (Fsp3) is 0.700. The van der Waals surface area contributed by atoms with Crippen LogP contribution in [0.4, 0.5) is 0 Å². The molecule has 2 aliphatic carbocycles. The minimum absolute atomic E-state index is 0.0412. The lowest BCUT2D eigenvalue weighted by Crippen LogP contribution is -2.40. The Hall–Kier alpha value is -1.62. The van der Waals surface area contributed by atoms with Crippen LogP contribution in [0.25, 0.3) is 0 Å². The molecule has 0 aromatic rings. The zero-order chi connectivity index (χ0) is 18.1. The van der Waals surface area contributed by atoms with Crippen molar-refractivity contribution in [3.05, 3.63) is 23.3 Å². The van der Waals surface area contributed by atoms with E-state index in [1.165, 1.54) is 11.1 Å². The van der Waals surface area contributed by atoms with Crippen molar-refractivity contribution < 1.29 is 23.8 Å². The molecule has 25 heavy (non-hydrogen) atoms. The molecular weight excluding hydrogens is 320 g/mol. The quantitative estimate of drug-likeness (QED) is 0.340. The first-order chi connectivity index (χ1) is 11.7. The first-order valence-corrected chi connectivity index (χ1v) is 9.18. The molecule has 5 heteroatoms. The summed E-state index contributed by atoms with van der Waals surface area (Å²) in [6.07, 6.45) is 1.37. The normalized spacial score (nSPS) is 41.9. The van der Waals surface area contributed by atoms with Crippen molar-refractivity contribution in [2.75, 3.05) is 0 Å². The van der Waals surface area contributed by atoms with Gasteiger partial charge < -0.3 is 14.2 Å². The van der Waals surface area contributed by atoms with Crippen LogP contribution in [0.5, 0.6) is 0 Å². The zero-order valence-electron chi connectivity index (χ0n) is 15.3. The van der Waals surface area contributed by atoms with Gasteiger partial charge in [-0.25, -0.2) is 4.79 Å². The second kappa shape index (κ2) is 5.44. The van der Waals surface area contributed by atoms with Gasteiger partial charge >= 0.3 is 11.9 Å². The number of epoxide rings is 1. The fourth-order valence-electron chi connectivity index (χ4n) is 4.97. The molecule has 2 saturated heterocycles. The smallest absolute Gasteiger partial charge is 0.334 e. The van der Waals surface area contributed by atoms with E-state index < -0.39 is 6.10 Å². The van der Waals surface area contributed by atoms with E-state index in [-0.39, 0.29) is 47.5 Å². The summed E-state index contributed by atoms with van der Waals surface area (Å²) in [5.41, 5.74) is 2.72. The van der Waals surface area contributed by atoms with Gasteiger partial charge in [-0.15, -0.1) is 0 Å². The fourth-order valence-corrected chi connectivity index (χ4v) is 4.97. The number of carbonyl (C=O) groups is 2. The summed E-state index contributed by atoms with van der Waals surface area (Å²) in [5, 5.41) is 0. The monoisotopic (exact) mass is 346 g/mol. The first kappa shape index (κ1) is 16.8. The van der Waals surface area contributed by atoms with Crippen LogP contribution < -0.4 is 0 Å². The number of ether oxygens (including phenoxy) is 3. The van der Waals surface area contributed by atoms with Crippen LogP contribution in [-0.4, -0.2) is 35.9 Å². The minimum Gasteiger partial charge on any atom is -0.461 e. The summed E-state index contributed by atoms with van der Waals surface area (Å²) in [4.78, 5) is 24.5. The van der Waals surface area contributed by atoms with Crippen molar-refractivity contribution in [3.8, 4) is 0 Å². The van der Waals surface area contributed by atoms with Crippen LogP contribution in [0, 0.1) is 17.8 Å². The van der Waals surface area contributed by atoms with E-state index in [0.29, 0.717) is 18.4 Å². The highest BCUT2D eigenvalue weighted by molar-refractivity contribution is 5.91. The third-order valence-electron chi connectivity index (χ3n) is 6.28. The Labute approximate surface area is 148 Å². The molecular formula is C20H26O5. The van der Waals surface area contributed by atoms with Gasteiger partial charge in [0, 0.05) is 24.3 Å². The predicted molar refractivity (Wildman–Crippen MR) is 90.5 cm³/mol. The maximum absolute atomic E-state index is 12.3. The third kappa shape index (κ3) is 2.47. The Morgan fingerprint density at radius 1 is 1.40 bits per heavy atom. The summed E-state index contributed by atoms with van der Waals surface area (Å²) in [7, 11) is 0. The highest BCUT2D eigenvalue weighted by atomic mass is 16.6. The number of carbonyl (C=O) groups excluding carboxylic acids is 2. The van der Waals surface area contributed by atoms with E-state index in [0.717, 1.165) is 6.42 Å². The average Bonchev–Trinajstić information content (AvgIpc) is 2.96. The van der Waals surface area contributed by atoms with Crippen molar-refractivity contribution in [3.63, 3.8) is 0 Å². The van der Waals surface area contributed by atoms with Gasteiger partial charge in [-0.1, -0.05) is 31.6 Å². The molecule has 0 aromatic heterocycles. The third-order valence-corrected chi connectivity index (χ3v) is 6.28. The molecule has 0 radical (unpaired) electrons. The number of rotatable bonds is 3. The molecule has 4 rings (SSSR count). The van der Waals surface area contributed by atoms with Crippen LogP contribution >= 0.6 is 0 Å². The largest absolute Gasteiger partial charge is 0.461 e. The molecule has 0 amide bonds. The molecule has 136 valence electrons. The maximum atomic E-state index is 12.3. The van der Waals surface area contributed by atoms with Crippen molar-refractivity contribution in [2.24, 2.45) is 17.8 Å². The molecule has 0 unspecified atom stereocenters. The molecule has 5 nitrogen and oxygen atoms in total. The Bertz CT molecular complexity index is 690. The Morgan fingerprint density at radius 2 is 2.12 bits per heavy atom. The molecule has 3 fully saturated rings. The number of fused-ring (bicyclic) bond motifs is 5. The molecule has 2 heterocycles. The summed E-state index contributed by atoms with van der Waals surface area (Å²) < 4.78 is 17.5. The van der Waals surface area contributed by atoms with E-state index in [4.69, 9.17) is 14.2 Å². The first-order valence-electron chi connectivity index (χ1n) is 9.18. The van der Waals surface area contributed by atoms with Gasteiger partial charge in [0.15, 0.2) is 0 Å². The van der Waals surface area contributed by atoms with Crippen LogP contribution in [0.15, 0.2) is 23.3 Å². The summed E-state index contributed by atoms with van der Waals surface area (Å²) in [6.45, 7) is 12.1. The van der Waals surface area contributed by atoms with Gasteiger partial charge in [0.2, 0.25) is 0 Å². The summed E-state index contributed by atoms with van der Waals surface area (Å²) in [6, 6.07) is 0. The van der Waals surface area contributed by atoms with E-state index in [1.54, 1.807) is 0 Å². The van der Waals surface area contributed by atoms with E-state index in [9.17, 15) is 9.59 Å². The van der Waals surface area contributed by atoms with Gasteiger partial charge in [-0.3, -0.25) is 4.79 Å². The molecule has 6 atom stereocenters. The Kier molecular flexibility index (Phi) is 3.66. The topological polar surface area (TPSA) is 65.1 Å². The number of hydrogen-bond acceptors (Lipinski definition) is 5. The average molecular weight is 346 g/mol. The van der Waals surface area contributed by atoms with Crippen molar-refractivity contribution in [1.29, 1.82) is 0 Å². The summed E-state index contributed by atoms with van der Waals surface area (Å²) >= 11 is 0. The molecule has 4 aliphatic rings. The van der Waals surface area contributed by atoms with E-state index in [2.05, 4.69) is 20.4 Å². The predicted octanol–water partition coefficient (Wildman–Crippen LogP) is 2.94. The molecule has 2 aliphatic heterocycles. The van der Waals surface area contributed by atoms with Gasteiger partial charge in [-0.2, -0.15) is 0 Å². The van der Waals surface area contributed by atoms with Crippen LogP contribution in [-0.2, 0) is 23.8 Å². The van der Waals surface area contributed by atoms with Crippen molar-refractivity contribution in [2.45, 2.75) is 70.9 Å². The van der Waals surface area contributed by atoms with Gasteiger partial charge in [0.05, 0.1) is 12.0 Å². The lowest BCUT2D eigenvalue weighted by atomic mass is 9.80. The van der Waals surface area contributed by atoms with E-state index in [1.807, 2.05) is 13.8 Å². The second-order valence-electron chi connectivity index (χ2n) is 8.53. The van der Waals surface area contributed by atoms with E-state index >= 15 is 0 Å². The SMILES string of the molecule is C=C1C(=O)O[C@H]2[C@H]1[C@@H](OC(=O)CC(C)C)CC(C)=C1C[C@H]3O[C@@]3(C)[C@@H]12. The standard InChI is InChI=1S/C20H26O5/c1-9(2)6-15(21)23-13-7-10(3)12-8-14-20(5,25-14)17(12)18-16(13)11(4)19(22)24-18/h9,13-14,16-18H,4,6-8H2,1-3,5H3/t13-,14+,16+,17-,18-,20+/m0/s1. The van der Waals surface area contributed by atoms with Gasteiger partial charge in [0.25, 0.3) is 0 Å². The molecule has 1 saturated carbocycles. The van der Waals surface area contributed by atoms with Crippen LogP contribution in [0.1, 0.15) is 47.0 Å². The number of esters is 2. The Balaban J connectivity index is 1.68. The number of hydrogen-bond donors (Lipinski definition) is 0. The lowest BCUT2D eigenvalue weighted by Gasteiger charge is -2.30. The lowest BCUT2D eigenvalue weighted by molar-refractivity contribution is -0.154. The zero-order valence-corrected chi connectivity index (χ0v) is 15.3. The summed E-state index contributed by atoms with van der Waals surface area (Å²) in [5.74, 6) is -0.605. The molecule has 0 N–H and O–H groups in total. The highest BCUT2D eigenvalue weighted by Crippen LogP contribution is 2.62. The van der Waals surface area contributed by atoms with Crippen LogP contribution in [0.3, 0.4) is 0 Å². The van der Waals surface area contributed by atoms with Crippen LogP contribution in [0.2, 0.25) is 0 Å².